The molecule has 2 N–H and O–H groups in total. The summed E-state index contributed by atoms with van der Waals surface area (Å²) in [6.45, 7) is 0. The summed E-state index contributed by atoms with van der Waals surface area (Å²) in [5, 5.41) is 4.89. The molecule has 0 saturated heterocycles. The molecule has 0 aliphatic heterocycles. The van der Waals surface area contributed by atoms with Gasteiger partial charge in [0.1, 0.15) is 5.25 Å². The minimum Gasteiger partial charge on any atom is -0.228 e. The standard InChI is InChI=1S/C13H19NO2S/c14-17(15,16)13(11-7-3-1-4-8-11)12-9-5-2-6-10-12/h1,3-4,7-8,12-13H,2,5-6,9-10H2,(H2,14,15,16). The van der Waals surface area contributed by atoms with Crippen molar-refractivity contribution in [2.45, 2.75) is 37.4 Å². The molecule has 0 heterocycles. The van der Waals surface area contributed by atoms with Crippen LogP contribution in [-0.4, -0.2) is 8.42 Å². The molecule has 1 aliphatic carbocycles. The smallest absolute Gasteiger partial charge is 0.216 e. The Morgan fingerprint density at radius 1 is 1.06 bits per heavy atom. The van der Waals surface area contributed by atoms with Crippen molar-refractivity contribution in [1.82, 2.24) is 0 Å². The summed E-state index contributed by atoms with van der Waals surface area (Å²) in [4.78, 5) is 0. The van der Waals surface area contributed by atoms with E-state index in [-0.39, 0.29) is 5.92 Å². The highest BCUT2D eigenvalue weighted by Crippen LogP contribution is 2.38. The Hall–Kier alpha value is -0.870. The molecule has 0 bridgehead atoms. The first-order valence-corrected chi connectivity index (χ1v) is 7.76. The van der Waals surface area contributed by atoms with Crippen LogP contribution in [0.2, 0.25) is 0 Å². The Morgan fingerprint density at radius 3 is 2.18 bits per heavy atom. The molecule has 1 aromatic rings. The fraction of sp³-hybridized carbons (Fsp3) is 0.538. The predicted octanol–water partition coefficient (Wildman–Crippen LogP) is 2.60. The predicted molar refractivity (Wildman–Crippen MR) is 68.9 cm³/mol. The zero-order valence-corrected chi connectivity index (χ0v) is 10.7. The van der Waals surface area contributed by atoms with Crippen molar-refractivity contribution >= 4 is 10.0 Å². The Bertz CT molecular complexity index is 450. The van der Waals surface area contributed by atoms with E-state index < -0.39 is 15.3 Å². The molecular formula is C13H19NO2S. The third-order valence-electron chi connectivity index (χ3n) is 3.56. The van der Waals surface area contributed by atoms with Gasteiger partial charge in [-0.25, -0.2) is 13.6 Å². The number of nitrogens with two attached hydrogens (primary N) is 1. The van der Waals surface area contributed by atoms with E-state index >= 15 is 0 Å². The minimum absolute atomic E-state index is 0.182. The van der Waals surface area contributed by atoms with E-state index in [4.69, 9.17) is 5.14 Å². The molecule has 1 aliphatic rings. The average molecular weight is 253 g/mol. The van der Waals surface area contributed by atoms with Crippen molar-refractivity contribution < 1.29 is 8.42 Å². The first kappa shape index (κ1) is 12.6. The lowest BCUT2D eigenvalue weighted by Crippen LogP contribution is -2.29. The van der Waals surface area contributed by atoms with Crippen molar-refractivity contribution in [1.29, 1.82) is 0 Å². The number of hydrogen-bond donors (Lipinski definition) is 1. The van der Waals surface area contributed by atoms with Crippen molar-refractivity contribution in [2.75, 3.05) is 0 Å². The fourth-order valence-electron chi connectivity index (χ4n) is 2.81. The van der Waals surface area contributed by atoms with E-state index in [0.717, 1.165) is 31.2 Å². The van der Waals surface area contributed by atoms with Crippen molar-refractivity contribution in [3.05, 3.63) is 35.9 Å². The molecule has 94 valence electrons. The lowest BCUT2D eigenvalue weighted by Gasteiger charge is -2.28. The second-order valence-electron chi connectivity index (χ2n) is 4.82. The van der Waals surface area contributed by atoms with E-state index in [9.17, 15) is 8.42 Å². The minimum atomic E-state index is -3.52. The van der Waals surface area contributed by atoms with Crippen LogP contribution in [-0.2, 0) is 10.0 Å². The van der Waals surface area contributed by atoms with Gasteiger partial charge in [0.25, 0.3) is 0 Å². The normalized spacial score (nSPS) is 20.1. The highest BCUT2D eigenvalue weighted by molar-refractivity contribution is 7.89. The van der Waals surface area contributed by atoms with Gasteiger partial charge < -0.3 is 0 Å². The summed E-state index contributed by atoms with van der Waals surface area (Å²) in [6.07, 6.45) is 5.38. The van der Waals surface area contributed by atoms with Crippen LogP contribution < -0.4 is 5.14 Å². The second kappa shape index (κ2) is 5.19. The third-order valence-corrected chi connectivity index (χ3v) is 4.92. The highest BCUT2D eigenvalue weighted by Gasteiger charge is 2.33. The molecule has 1 fully saturated rings. The molecule has 1 atom stereocenters. The molecule has 1 aromatic carbocycles. The zero-order chi connectivity index (χ0) is 12.3. The van der Waals surface area contributed by atoms with E-state index in [1.54, 1.807) is 0 Å². The van der Waals surface area contributed by atoms with Gasteiger partial charge >= 0.3 is 0 Å². The van der Waals surface area contributed by atoms with Gasteiger partial charge in [-0.1, -0.05) is 49.6 Å². The molecule has 0 amide bonds. The summed E-state index contributed by atoms with van der Waals surface area (Å²) < 4.78 is 23.6. The molecule has 2 rings (SSSR count). The van der Waals surface area contributed by atoms with Crippen LogP contribution in [0, 0.1) is 5.92 Å². The molecule has 4 heteroatoms. The van der Waals surface area contributed by atoms with Crippen LogP contribution >= 0.6 is 0 Å². The summed E-state index contributed by atoms with van der Waals surface area (Å²) in [6, 6.07) is 9.37. The SMILES string of the molecule is NS(=O)(=O)C(c1ccccc1)C1CCCCC1. The van der Waals surface area contributed by atoms with Crippen LogP contribution in [0.3, 0.4) is 0 Å². The quantitative estimate of drug-likeness (QED) is 0.900. The molecule has 0 aromatic heterocycles. The topological polar surface area (TPSA) is 60.2 Å². The van der Waals surface area contributed by atoms with Gasteiger partial charge in [-0.3, -0.25) is 0 Å². The highest BCUT2D eigenvalue weighted by atomic mass is 32.2. The first-order valence-electron chi connectivity index (χ1n) is 6.15. The van der Waals surface area contributed by atoms with Crippen LogP contribution in [0.15, 0.2) is 30.3 Å². The van der Waals surface area contributed by atoms with Gasteiger partial charge in [0.2, 0.25) is 10.0 Å². The van der Waals surface area contributed by atoms with Gasteiger partial charge in [-0.05, 0) is 24.3 Å². The van der Waals surface area contributed by atoms with Crippen molar-refractivity contribution in [3.63, 3.8) is 0 Å². The maximum Gasteiger partial charge on any atom is 0.216 e. The number of rotatable bonds is 3. The van der Waals surface area contributed by atoms with Crippen molar-refractivity contribution in [2.24, 2.45) is 11.1 Å². The average Bonchev–Trinajstić information content (AvgIpc) is 2.30. The summed E-state index contributed by atoms with van der Waals surface area (Å²) >= 11 is 0. The van der Waals surface area contributed by atoms with Gasteiger partial charge in [-0.15, -0.1) is 0 Å². The molecule has 17 heavy (non-hydrogen) atoms. The first-order chi connectivity index (χ1) is 8.09. The Balaban J connectivity index is 2.32. The van der Waals surface area contributed by atoms with E-state index in [2.05, 4.69) is 0 Å². The van der Waals surface area contributed by atoms with Gasteiger partial charge in [-0.2, -0.15) is 0 Å². The van der Waals surface area contributed by atoms with Crippen LogP contribution in [0.25, 0.3) is 0 Å². The maximum absolute atomic E-state index is 11.8. The molecule has 3 nitrogen and oxygen atoms in total. The Labute approximate surface area is 103 Å². The van der Waals surface area contributed by atoms with E-state index in [1.807, 2.05) is 30.3 Å². The largest absolute Gasteiger partial charge is 0.228 e. The Morgan fingerprint density at radius 2 is 1.65 bits per heavy atom. The fourth-order valence-corrected chi connectivity index (χ4v) is 4.15. The lowest BCUT2D eigenvalue weighted by atomic mass is 9.84. The molecule has 1 saturated carbocycles. The number of primary sulfonamides is 1. The summed E-state index contributed by atoms with van der Waals surface area (Å²) in [7, 11) is -3.52. The number of benzene rings is 1. The third kappa shape index (κ3) is 3.07. The molecular weight excluding hydrogens is 234 g/mol. The van der Waals surface area contributed by atoms with Gasteiger partial charge in [0.15, 0.2) is 0 Å². The number of hydrogen-bond acceptors (Lipinski definition) is 2. The van der Waals surface area contributed by atoms with E-state index in [0.29, 0.717) is 0 Å². The van der Waals surface area contributed by atoms with Gasteiger partial charge in [0.05, 0.1) is 0 Å². The van der Waals surface area contributed by atoms with Gasteiger partial charge in [0, 0.05) is 0 Å². The lowest BCUT2D eigenvalue weighted by molar-refractivity contribution is 0.343. The van der Waals surface area contributed by atoms with Crippen LogP contribution in [0.4, 0.5) is 0 Å². The summed E-state index contributed by atoms with van der Waals surface area (Å²) in [5.41, 5.74) is 0.835. The van der Waals surface area contributed by atoms with Crippen LogP contribution in [0.5, 0.6) is 0 Å². The number of sulfonamides is 1. The molecule has 0 radical (unpaired) electrons. The Kier molecular flexibility index (Phi) is 3.84. The van der Waals surface area contributed by atoms with Crippen molar-refractivity contribution in [3.8, 4) is 0 Å². The molecule has 1 unspecified atom stereocenters. The van der Waals surface area contributed by atoms with E-state index in [1.165, 1.54) is 6.42 Å². The summed E-state index contributed by atoms with van der Waals surface area (Å²) in [5.74, 6) is 0.182. The zero-order valence-electron chi connectivity index (χ0n) is 9.88. The second-order valence-corrected chi connectivity index (χ2v) is 6.50. The molecule has 0 spiro atoms. The van der Waals surface area contributed by atoms with Crippen LogP contribution in [0.1, 0.15) is 42.9 Å². The maximum atomic E-state index is 11.8. The monoisotopic (exact) mass is 253 g/mol.